The smallest absolute Gasteiger partial charge is 0.229 e. The van der Waals surface area contributed by atoms with Gasteiger partial charge in [0.15, 0.2) is 5.13 Å². The summed E-state index contributed by atoms with van der Waals surface area (Å²) in [6.07, 6.45) is 1.12. The predicted molar refractivity (Wildman–Crippen MR) is 105 cm³/mol. The second-order valence-electron chi connectivity index (χ2n) is 5.60. The van der Waals surface area contributed by atoms with Crippen LogP contribution in [0.4, 0.5) is 16.5 Å². The van der Waals surface area contributed by atoms with Crippen molar-refractivity contribution in [3.05, 3.63) is 58.4 Å². The molecule has 0 aliphatic rings. The van der Waals surface area contributed by atoms with Crippen LogP contribution < -0.4 is 10.0 Å². The standard InChI is InChI=1S/C17H16ClN3O2S2/c1-11-3-8-15(14(18)9-11)19-17-20-16(10-24-17)12-4-6-13(7-5-12)21-25(2,22)23/h3-10,21H,1-2H3,(H,19,20). The van der Waals surface area contributed by atoms with Gasteiger partial charge >= 0.3 is 0 Å². The minimum Gasteiger partial charge on any atom is -0.330 e. The summed E-state index contributed by atoms with van der Waals surface area (Å²) in [5, 5.41) is 6.53. The lowest BCUT2D eigenvalue weighted by Gasteiger charge is -2.06. The highest BCUT2D eigenvalue weighted by Gasteiger charge is 2.08. The van der Waals surface area contributed by atoms with E-state index in [0.717, 1.165) is 33.9 Å². The molecule has 0 atom stereocenters. The van der Waals surface area contributed by atoms with Gasteiger partial charge in [-0.3, -0.25) is 4.72 Å². The van der Waals surface area contributed by atoms with Crippen molar-refractivity contribution < 1.29 is 8.42 Å². The zero-order valence-corrected chi connectivity index (χ0v) is 16.0. The van der Waals surface area contributed by atoms with Crippen molar-refractivity contribution in [1.82, 2.24) is 4.98 Å². The molecule has 0 radical (unpaired) electrons. The molecule has 0 aliphatic heterocycles. The number of halogens is 1. The molecule has 130 valence electrons. The summed E-state index contributed by atoms with van der Waals surface area (Å²) in [5.74, 6) is 0. The lowest BCUT2D eigenvalue weighted by molar-refractivity contribution is 0.607. The molecule has 0 spiro atoms. The maximum atomic E-state index is 11.2. The molecule has 5 nitrogen and oxygen atoms in total. The lowest BCUT2D eigenvalue weighted by Crippen LogP contribution is -2.09. The molecule has 2 aromatic carbocycles. The van der Waals surface area contributed by atoms with E-state index in [1.807, 2.05) is 42.6 Å². The van der Waals surface area contributed by atoms with Gasteiger partial charge in [-0.1, -0.05) is 29.8 Å². The highest BCUT2D eigenvalue weighted by Crippen LogP contribution is 2.31. The summed E-state index contributed by atoms with van der Waals surface area (Å²) < 4.78 is 24.9. The molecule has 25 heavy (non-hydrogen) atoms. The number of thiazole rings is 1. The van der Waals surface area contributed by atoms with Gasteiger partial charge in [0.25, 0.3) is 0 Å². The largest absolute Gasteiger partial charge is 0.330 e. The molecule has 3 rings (SSSR count). The van der Waals surface area contributed by atoms with Crippen molar-refractivity contribution in [2.24, 2.45) is 0 Å². The number of aryl methyl sites for hydroxylation is 1. The molecule has 1 aromatic heterocycles. The van der Waals surface area contributed by atoms with E-state index in [0.29, 0.717) is 10.7 Å². The molecule has 0 saturated heterocycles. The quantitative estimate of drug-likeness (QED) is 0.647. The molecule has 1 heterocycles. The van der Waals surface area contributed by atoms with Crippen LogP contribution >= 0.6 is 22.9 Å². The second-order valence-corrected chi connectivity index (χ2v) is 8.61. The normalized spacial score (nSPS) is 11.3. The fraction of sp³-hybridized carbons (Fsp3) is 0.118. The third-order valence-electron chi connectivity index (χ3n) is 3.35. The van der Waals surface area contributed by atoms with Crippen molar-refractivity contribution >= 4 is 49.5 Å². The van der Waals surface area contributed by atoms with Crippen molar-refractivity contribution in [3.8, 4) is 11.3 Å². The third kappa shape index (κ3) is 4.72. The molecular formula is C17H16ClN3O2S2. The number of hydrogen-bond donors (Lipinski definition) is 2. The Bertz CT molecular complexity index is 999. The third-order valence-corrected chi connectivity index (χ3v) is 5.03. The fourth-order valence-electron chi connectivity index (χ4n) is 2.22. The van der Waals surface area contributed by atoms with Gasteiger partial charge in [0, 0.05) is 16.6 Å². The van der Waals surface area contributed by atoms with E-state index in [1.165, 1.54) is 11.3 Å². The average molecular weight is 394 g/mol. The van der Waals surface area contributed by atoms with Crippen LogP contribution in [0.25, 0.3) is 11.3 Å². The first-order chi connectivity index (χ1) is 11.8. The van der Waals surface area contributed by atoms with Crippen LogP contribution in [-0.4, -0.2) is 19.7 Å². The summed E-state index contributed by atoms with van der Waals surface area (Å²) in [4.78, 5) is 4.55. The maximum Gasteiger partial charge on any atom is 0.229 e. The van der Waals surface area contributed by atoms with E-state index in [-0.39, 0.29) is 0 Å². The minimum atomic E-state index is -3.28. The van der Waals surface area contributed by atoms with E-state index in [9.17, 15) is 8.42 Å². The number of sulfonamides is 1. The molecule has 3 aromatic rings. The maximum absolute atomic E-state index is 11.2. The summed E-state index contributed by atoms with van der Waals surface area (Å²) in [5.41, 5.74) is 4.13. The lowest BCUT2D eigenvalue weighted by atomic mass is 10.1. The monoisotopic (exact) mass is 393 g/mol. The molecule has 8 heteroatoms. The van der Waals surface area contributed by atoms with Gasteiger partial charge in [0.1, 0.15) is 0 Å². The molecule has 0 aliphatic carbocycles. The molecular weight excluding hydrogens is 378 g/mol. The zero-order valence-electron chi connectivity index (χ0n) is 13.6. The molecule has 0 amide bonds. The Morgan fingerprint density at radius 2 is 1.84 bits per heavy atom. The molecule has 0 unspecified atom stereocenters. The first-order valence-electron chi connectivity index (χ1n) is 7.37. The van der Waals surface area contributed by atoms with Gasteiger partial charge in [-0.05, 0) is 36.8 Å². The Morgan fingerprint density at radius 3 is 2.48 bits per heavy atom. The summed E-state index contributed by atoms with van der Waals surface area (Å²) in [7, 11) is -3.28. The highest BCUT2D eigenvalue weighted by molar-refractivity contribution is 7.92. The number of aromatic nitrogens is 1. The van der Waals surface area contributed by atoms with E-state index in [4.69, 9.17) is 11.6 Å². The van der Waals surface area contributed by atoms with Crippen LogP contribution in [0.5, 0.6) is 0 Å². The number of hydrogen-bond acceptors (Lipinski definition) is 5. The van der Waals surface area contributed by atoms with Crippen molar-refractivity contribution in [2.75, 3.05) is 16.3 Å². The minimum absolute atomic E-state index is 0.520. The highest BCUT2D eigenvalue weighted by atomic mass is 35.5. The Labute approximate surface area is 155 Å². The van der Waals surface area contributed by atoms with Gasteiger partial charge in [-0.25, -0.2) is 13.4 Å². The zero-order chi connectivity index (χ0) is 18.0. The molecule has 2 N–H and O–H groups in total. The summed E-state index contributed by atoms with van der Waals surface area (Å²) >= 11 is 7.71. The van der Waals surface area contributed by atoms with Crippen molar-refractivity contribution in [1.29, 1.82) is 0 Å². The van der Waals surface area contributed by atoms with Gasteiger partial charge in [-0.15, -0.1) is 11.3 Å². The number of benzene rings is 2. The Kier molecular flexibility index (Phi) is 4.99. The van der Waals surface area contributed by atoms with Crippen LogP contribution in [0.2, 0.25) is 5.02 Å². The molecule has 0 fully saturated rings. The Balaban J connectivity index is 1.77. The van der Waals surface area contributed by atoms with Crippen LogP contribution in [0.15, 0.2) is 47.8 Å². The molecule has 0 saturated carbocycles. The van der Waals surface area contributed by atoms with Crippen LogP contribution in [-0.2, 0) is 10.0 Å². The number of rotatable bonds is 5. The van der Waals surface area contributed by atoms with Gasteiger partial charge in [0.2, 0.25) is 10.0 Å². The van der Waals surface area contributed by atoms with E-state index in [2.05, 4.69) is 15.0 Å². The number of nitrogens with zero attached hydrogens (tertiary/aromatic N) is 1. The average Bonchev–Trinajstić information content (AvgIpc) is 2.98. The molecule has 0 bridgehead atoms. The number of nitrogens with one attached hydrogen (secondary N) is 2. The Morgan fingerprint density at radius 1 is 1.12 bits per heavy atom. The fourth-order valence-corrected chi connectivity index (χ4v) is 3.80. The number of anilines is 3. The van der Waals surface area contributed by atoms with E-state index >= 15 is 0 Å². The SMILES string of the molecule is Cc1ccc(Nc2nc(-c3ccc(NS(C)(=O)=O)cc3)cs2)c(Cl)c1. The van der Waals surface area contributed by atoms with Gasteiger partial charge in [-0.2, -0.15) is 0 Å². The van der Waals surface area contributed by atoms with Crippen molar-refractivity contribution in [3.63, 3.8) is 0 Å². The Hall–Kier alpha value is -2.09. The van der Waals surface area contributed by atoms with E-state index < -0.39 is 10.0 Å². The first-order valence-corrected chi connectivity index (χ1v) is 10.5. The summed E-state index contributed by atoms with van der Waals surface area (Å²) in [6, 6.07) is 12.9. The second kappa shape index (κ2) is 7.03. The van der Waals surface area contributed by atoms with Crippen LogP contribution in [0.1, 0.15) is 5.56 Å². The topological polar surface area (TPSA) is 71.1 Å². The first kappa shape index (κ1) is 17.7. The van der Waals surface area contributed by atoms with Crippen LogP contribution in [0.3, 0.4) is 0 Å². The van der Waals surface area contributed by atoms with E-state index in [1.54, 1.807) is 12.1 Å². The van der Waals surface area contributed by atoms with Gasteiger partial charge < -0.3 is 5.32 Å². The predicted octanol–water partition coefficient (Wildman–Crippen LogP) is 4.89. The van der Waals surface area contributed by atoms with Crippen LogP contribution in [0, 0.1) is 6.92 Å². The summed E-state index contributed by atoms with van der Waals surface area (Å²) in [6.45, 7) is 1.99. The van der Waals surface area contributed by atoms with Crippen molar-refractivity contribution in [2.45, 2.75) is 6.92 Å². The van der Waals surface area contributed by atoms with Gasteiger partial charge in [0.05, 0.1) is 22.7 Å².